The number of thioether (sulfide) groups is 1. The summed E-state index contributed by atoms with van der Waals surface area (Å²) in [5.74, 6) is 1.08. The maximum Gasteiger partial charge on any atom is 0.324 e. The second kappa shape index (κ2) is 44.8. The van der Waals surface area contributed by atoms with E-state index in [0.29, 0.717) is 6.61 Å². The average molecular weight is 935 g/mol. The minimum absolute atomic E-state index is 0.00245. The van der Waals surface area contributed by atoms with E-state index in [1.54, 1.807) is 0 Å². The van der Waals surface area contributed by atoms with Crippen molar-refractivity contribution in [3.63, 3.8) is 0 Å². The Morgan fingerprint density at radius 3 is 1.55 bits per heavy atom. The Bertz CT molecular complexity index is 950. The first kappa shape index (κ1) is 62.0. The summed E-state index contributed by atoms with van der Waals surface area (Å²) in [5, 5.41) is 9.46. The van der Waals surface area contributed by atoms with E-state index in [-0.39, 0.29) is 24.1 Å². The molecule has 0 bridgehead atoms. The summed E-state index contributed by atoms with van der Waals surface area (Å²) in [4.78, 5) is 15.7. The van der Waals surface area contributed by atoms with Gasteiger partial charge in [0.2, 0.25) is 0 Å². The molecular weight excluding hydrogens is 827 g/mol. The van der Waals surface area contributed by atoms with Crippen LogP contribution in [0.15, 0.2) is 0 Å². The smallest absolute Gasteiger partial charge is 0.324 e. The minimum Gasteiger partial charge on any atom is -0.465 e. The molecular formula is C51H107NO7SSi2. The molecule has 0 aliphatic rings. The van der Waals surface area contributed by atoms with Crippen LogP contribution < -0.4 is 0 Å². The van der Waals surface area contributed by atoms with Gasteiger partial charge in [-0.15, -0.1) is 11.8 Å². The van der Waals surface area contributed by atoms with Crippen molar-refractivity contribution in [2.75, 3.05) is 51.8 Å². The highest BCUT2D eigenvalue weighted by molar-refractivity contribution is 8.00. The summed E-state index contributed by atoms with van der Waals surface area (Å²) in [6, 6.07) is 0. The van der Waals surface area contributed by atoms with Gasteiger partial charge in [-0.1, -0.05) is 163 Å². The van der Waals surface area contributed by atoms with Crippen LogP contribution in [-0.2, 0) is 27.2 Å². The van der Waals surface area contributed by atoms with E-state index in [0.717, 1.165) is 128 Å². The summed E-state index contributed by atoms with van der Waals surface area (Å²) < 4.78 is 32.1. The van der Waals surface area contributed by atoms with Gasteiger partial charge >= 0.3 is 23.1 Å². The summed E-state index contributed by atoms with van der Waals surface area (Å²) in [6.07, 6.45) is 37.5. The molecule has 1 N–H and O–H groups in total. The third kappa shape index (κ3) is 41.4. The van der Waals surface area contributed by atoms with Gasteiger partial charge in [0.05, 0.1) is 6.61 Å². The molecule has 0 rings (SSSR count). The number of hydrogen-bond acceptors (Lipinski definition) is 9. The molecule has 0 heterocycles. The van der Waals surface area contributed by atoms with Crippen LogP contribution in [0.1, 0.15) is 233 Å². The number of carbonyl (C=O) groups is 1. The van der Waals surface area contributed by atoms with Crippen molar-refractivity contribution in [3.05, 3.63) is 0 Å². The molecule has 0 saturated carbocycles. The number of aliphatic hydroxyl groups excluding tert-OH is 1. The van der Waals surface area contributed by atoms with E-state index >= 15 is 0 Å². The molecule has 0 spiro atoms. The molecule has 62 heavy (non-hydrogen) atoms. The quantitative estimate of drug-likeness (QED) is 0.0277. The zero-order valence-corrected chi connectivity index (χ0v) is 45.5. The maximum absolute atomic E-state index is 13.1. The van der Waals surface area contributed by atoms with Gasteiger partial charge in [-0.3, -0.25) is 4.79 Å². The maximum atomic E-state index is 13.1. The van der Waals surface area contributed by atoms with Crippen molar-refractivity contribution in [1.82, 2.24) is 4.90 Å². The SMILES string of the molecule is CCCCCCCCOC(CCCCCN(CCCCO)CCCCCCOC(=O)C(CCCCCCCC)SCCCCC)O[Si](C)(C)O[Si](C)(C)OCCCCCCCC. The first-order chi connectivity index (χ1) is 30.0. The predicted octanol–water partition coefficient (Wildman–Crippen LogP) is 15.3. The Labute approximate surface area is 393 Å². The lowest BCUT2D eigenvalue weighted by Crippen LogP contribution is -2.50. The average Bonchev–Trinajstić information content (AvgIpc) is 3.23. The second-order valence-corrected chi connectivity index (χ2v) is 27.3. The minimum atomic E-state index is -2.48. The van der Waals surface area contributed by atoms with E-state index in [1.165, 1.54) is 116 Å². The molecule has 0 amide bonds. The highest BCUT2D eigenvalue weighted by Gasteiger charge is 2.38. The lowest BCUT2D eigenvalue weighted by molar-refractivity contribution is -0.143. The third-order valence-electron chi connectivity index (χ3n) is 11.7. The fourth-order valence-corrected chi connectivity index (χ4v) is 15.9. The number of nitrogens with zero attached hydrogens (tertiary/aromatic N) is 1. The van der Waals surface area contributed by atoms with Gasteiger partial charge in [-0.05, 0) is 122 Å². The van der Waals surface area contributed by atoms with E-state index in [1.807, 2.05) is 11.8 Å². The summed E-state index contributed by atoms with van der Waals surface area (Å²) in [5.41, 5.74) is 0. The number of rotatable bonds is 50. The van der Waals surface area contributed by atoms with Crippen molar-refractivity contribution >= 4 is 34.9 Å². The number of esters is 1. The summed E-state index contributed by atoms with van der Waals surface area (Å²) >= 11 is 1.83. The van der Waals surface area contributed by atoms with Gasteiger partial charge < -0.3 is 32.4 Å². The highest BCUT2D eigenvalue weighted by atomic mass is 32.2. The number of unbranched alkanes of at least 4 members (excludes halogenated alkanes) is 23. The topological polar surface area (TPSA) is 86.7 Å². The normalized spacial score (nSPS) is 13.3. The fourth-order valence-electron chi connectivity index (χ4n) is 8.06. The Morgan fingerprint density at radius 1 is 0.516 bits per heavy atom. The van der Waals surface area contributed by atoms with Crippen LogP contribution in [0.4, 0.5) is 0 Å². The largest absolute Gasteiger partial charge is 0.465 e. The molecule has 2 unspecified atom stereocenters. The Balaban J connectivity index is 4.85. The van der Waals surface area contributed by atoms with Gasteiger partial charge in [0.25, 0.3) is 0 Å². The standard InChI is InChI=1S/C51H107NO7SSi2/c1-9-13-17-20-23-29-39-49(60-48-38-16-12-4)51(54)56-46-36-27-24-31-41-52(43-33-34-44-53)42-32-28-30-40-50(55-45-35-25-21-18-14-10-2)58-62(7,8)59-61(5,6)57-47-37-26-22-19-15-11-3/h49-50,53H,9-48H2,1-8H3. The lowest BCUT2D eigenvalue weighted by Gasteiger charge is -2.35. The molecule has 0 aromatic heterocycles. The van der Waals surface area contributed by atoms with Crippen molar-refractivity contribution in [1.29, 1.82) is 0 Å². The number of hydrogen-bond donors (Lipinski definition) is 1. The molecule has 11 heteroatoms. The van der Waals surface area contributed by atoms with Crippen molar-refractivity contribution in [2.45, 2.75) is 271 Å². The molecule has 2 atom stereocenters. The molecule has 0 fully saturated rings. The van der Waals surface area contributed by atoms with Crippen LogP contribution in [0.25, 0.3) is 0 Å². The molecule has 8 nitrogen and oxygen atoms in total. The lowest BCUT2D eigenvalue weighted by atomic mass is 10.1. The van der Waals surface area contributed by atoms with Crippen molar-refractivity contribution in [3.8, 4) is 0 Å². The molecule has 0 aromatic carbocycles. The van der Waals surface area contributed by atoms with Crippen molar-refractivity contribution in [2.24, 2.45) is 0 Å². The van der Waals surface area contributed by atoms with Crippen LogP contribution in [0, 0.1) is 0 Å². The van der Waals surface area contributed by atoms with Crippen LogP contribution in [0.3, 0.4) is 0 Å². The van der Waals surface area contributed by atoms with Gasteiger partial charge in [0, 0.05) is 19.8 Å². The fraction of sp³-hybridized carbons (Fsp3) is 0.980. The van der Waals surface area contributed by atoms with Gasteiger partial charge in [-0.2, -0.15) is 0 Å². The molecule has 372 valence electrons. The van der Waals surface area contributed by atoms with Crippen LogP contribution >= 0.6 is 11.8 Å². The van der Waals surface area contributed by atoms with Crippen molar-refractivity contribution < 1.29 is 32.3 Å². The summed E-state index contributed by atoms with van der Waals surface area (Å²) in [6.45, 7) is 23.2. The van der Waals surface area contributed by atoms with Crippen LogP contribution in [0.2, 0.25) is 26.2 Å². The zero-order valence-electron chi connectivity index (χ0n) is 42.7. The van der Waals surface area contributed by atoms with E-state index < -0.39 is 17.1 Å². The number of ether oxygens (including phenoxy) is 2. The molecule has 0 aromatic rings. The predicted molar refractivity (Wildman–Crippen MR) is 274 cm³/mol. The third-order valence-corrected chi connectivity index (χ3v) is 18.7. The van der Waals surface area contributed by atoms with E-state index in [9.17, 15) is 9.90 Å². The number of carbonyl (C=O) groups excluding carboxylic acids is 1. The second-order valence-electron chi connectivity index (χ2n) is 19.0. The number of aliphatic hydroxyl groups is 1. The van der Waals surface area contributed by atoms with E-state index in [4.69, 9.17) is 22.4 Å². The molecule has 0 radical (unpaired) electrons. The Hall–Kier alpha value is 0.0138. The Kier molecular flexibility index (Phi) is 44.8. The highest BCUT2D eigenvalue weighted by Crippen LogP contribution is 2.24. The first-order valence-electron chi connectivity index (χ1n) is 26.8. The van der Waals surface area contributed by atoms with Gasteiger partial charge in [0.15, 0.2) is 0 Å². The monoisotopic (exact) mass is 934 g/mol. The van der Waals surface area contributed by atoms with E-state index in [2.05, 4.69) is 58.8 Å². The first-order valence-corrected chi connectivity index (χ1v) is 33.5. The van der Waals surface area contributed by atoms with Crippen LogP contribution in [0.5, 0.6) is 0 Å². The van der Waals surface area contributed by atoms with Gasteiger partial charge in [-0.25, -0.2) is 0 Å². The molecule has 0 saturated heterocycles. The van der Waals surface area contributed by atoms with Crippen LogP contribution in [-0.4, -0.2) is 96.5 Å². The Morgan fingerprint density at radius 2 is 0.968 bits per heavy atom. The molecule has 0 aliphatic carbocycles. The van der Waals surface area contributed by atoms with Gasteiger partial charge in [0.1, 0.15) is 11.5 Å². The summed E-state index contributed by atoms with van der Waals surface area (Å²) in [7, 11) is -4.79. The molecule has 0 aliphatic heterocycles. The zero-order chi connectivity index (χ0) is 45.8.